The number of nitrogens with zero attached hydrogens (tertiary/aromatic N) is 3. The highest BCUT2D eigenvalue weighted by atomic mass is 32.1. The van der Waals surface area contributed by atoms with Crippen LogP contribution in [0.15, 0.2) is 67.2 Å². The fraction of sp³-hybridized carbons (Fsp3) is 0.263. The number of aromatic nitrogens is 2. The normalized spacial score (nSPS) is 18.2. The van der Waals surface area contributed by atoms with Crippen LogP contribution in [0.5, 0.6) is 0 Å². The van der Waals surface area contributed by atoms with Crippen molar-refractivity contribution >= 4 is 16.5 Å². The average molecular weight is 323 g/mol. The predicted molar refractivity (Wildman–Crippen MR) is 98.1 cm³/mol. The molecule has 0 aromatic carbocycles. The molecule has 1 atom stereocenters. The Morgan fingerprint density at radius 3 is 3.00 bits per heavy atom. The lowest BCUT2D eigenvalue weighted by molar-refractivity contribution is 0.766. The zero-order chi connectivity index (χ0) is 16.2. The van der Waals surface area contributed by atoms with E-state index in [9.17, 15) is 0 Å². The van der Waals surface area contributed by atoms with Gasteiger partial charge in [-0.15, -0.1) is 11.3 Å². The van der Waals surface area contributed by atoms with Gasteiger partial charge in [0.15, 0.2) is 5.13 Å². The lowest BCUT2D eigenvalue weighted by Crippen LogP contribution is -2.31. The highest BCUT2D eigenvalue weighted by Crippen LogP contribution is 2.34. The maximum atomic E-state index is 4.65. The summed E-state index contributed by atoms with van der Waals surface area (Å²) in [6.07, 6.45) is 10.6. The molecule has 4 heteroatoms. The third-order valence-electron chi connectivity index (χ3n) is 4.21. The van der Waals surface area contributed by atoms with Crippen molar-refractivity contribution in [3.63, 3.8) is 0 Å². The van der Waals surface area contributed by atoms with Crippen molar-refractivity contribution in [1.29, 1.82) is 0 Å². The second kappa shape index (κ2) is 6.92. The fourth-order valence-corrected chi connectivity index (χ4v) is 3.74. The Kier molecular flexibility index (Phi) is 4.72. The standard InChI is InChI=1S/C19H21N3S/c1-4-6-17-13-22(10-8-14(17)2)19-21-12-18(23-19)15(3)16-7-5-9-20-11-16/h4-7,9,11-12,15H,1-2,8,10,13H2,3H3/b17-6-. The van der Waals surface area contributed by atoms with Crippen LogP contribution in [0.4, 0.5) is 5.13 Å². The van der Waals surface area contributed by atoms with Gasteiger partial charge in [0.2, 0.25) is 0 Å². The van der Waals surface area contributed by atoms with E-state index in [-0.39, 0.29) is 0 Å². The number of pyridine rings is 1. The van der Waals surface area contributed by atoms with Crippen LogP contribution in [0.25, 0.3) is 0 Å². The van der Waals surface area contributed by atoms with Crippen LogP contribution in [0.1, 0.15) is 29.7 Å². The third-order valence-corrected chi connectivity index (χ3v) is 5.45. The van der Waals surface area contributed by atoms with Gasteiger partial charge in [-0.25, -0.2) is 4.98 Å². The van der Waals surface area contributed by atoms with E-state index in [1.807, 2.05) is 30.7 Å². The molecular formula is C19H21N3S. The molecule has 0 saturated carbocycles. The number of hydrogen-bond donors (Lipinski definition) is 0. The molecule has 0 aliphatic carbocycles. The smallest absolute Gasteiger partial charge is 0.185 e. The molecule has 1 fully saturated rings. The van der Waals surface area contributed by atoms with Gasteiger partial charge in [0.1, 0.15) is 0 Å². The largest absolute Gasteiger partial charge is 0.343 e. The van der Waals surface area contributed by atoms with Crippen molar-refractivity contribution in [2.24, 2.45) is 0 Å². The van der Waals surface area contributed by atoms with E-state index in [1.54, 1.807) is 11.3 Å². The summed E-state index contributed by atoms with van der Waals surface area (Å²) in [5.74, 6) is 0.317. The van der Waals surface area contributed by atoms with Crippen LogP contribution in [0.2, 0.25) is 0 Å². The van der Waals surface area contributed by atoms with Crippen LogP contribution in [-0.4, -0.2) is 23.1 Å². The molecule has 0 amide bonds. The van der Waals surface area contributed by atoms with Crippen molar-refractivity contribution in [2.45, 2.75) is 19.3 Å². The van der Waals surface area contributed by atoms with Gasteiger partial charge >= 0.3 is 0 Å². The number of thiazole rings is 1. The first kappa shape index (κ1) is 15.7. The summed E-state index contributed by atoms with van der Waals surface area (Å²) in [6.45, 7) is 12.0. The van der Waals surface area contributed by atoms with Gasteiger partial charge in [-0.2, -0.15) is 0 Å². The van der Waals surface area contributed by atoms with E-state index in [1.165, 1.54) is 21.6 Å². The molecule has 3 heterocycles. The number of rotatable bonds is 4. The zero-order valence-corrected chi connectivity index (χ0v) is 14.2. The second-order valence-corrected chi connectivity index (χ2v) is 6.80. The zero-order valence-electron chi connectivity index (χ0n) is 13.4. The average Bonchev–Trinajstić information content (AvgIpc) is 3.07. The van der Waals surface area contributed by atoms with Crippen LogP contribution in [-0.2, 0) is 0 Å². The number of allylic oxidation sites excluding steroid dienone is 2. The van der Waals surface area contributed by atoms with Gasteiger partial charge in [0, 0.05) is 42.5 Å². The third kappa shape index (κ3) is 3.42. The Labute approximate surface area is 141 Å². The minimum absolute atomic E-state index is 0.317. The summed E-state index contributed by atoms with van der Waals surface area (Å²) < 4.78 is 0. The molecule has 2 aromatic heterocycles. The maximum absolute atomic E-state index is 4.65. The molecule has 2 aromatic rings. The van der Waals surface area contributed by atoms with E-state index >= 15 is 0 Å². The quantitative estimate of drug-likeness (QED) is 0.825. The van der Waals surface area contributed by atoms with Crippen molar-refractivity contribution in [3.8, 4) is 0 Å². The Balaban J connectivity index is 1.78. The molecule has 0 radical (unpaired) electrons. The van der Waals surface area contributed by atoms with Crippen molar-refractivity contribution < 1.29 is 0 Å². The summed E-state index contributed by atoms with van der Waals surface area (Å²) in [5.41, 5.74) is 3.69. The molecule has 3 rings (SSSR count). The molecule has 1 unspecified atom stereocenters. The van der Waals surface area contributed by atoms with E-state index in [0.29, 0.717) is 5.92 Å². The summed E-state index contributed by atoms with van der Waals surface area (Å²) in [5, 5.41) is 1.08. The first-order chi connectivity index (χ1) is 11.2. The topological polar surface area (TPSA) is 29.0 Å². The van der Waals surface area contributed by atoms with Gasteiger partial charge < -0.3 is 4.90 Å². The Bertz CT molecular complexity index is 730. The van der Waals surface area contributed by atoms with E-state index < -0.39 is 0 Å². The molecule has 1 aliphatic heterocycles. The lowest BCUT2D eigenvalue weighted by atomic mass is 9.99. The summed E-state index contributed by atoms with van der Waals surface area (Å²) in [7, 11) is 0. The lowest BCUT2D eigenvalue weighted by Gasteiger charge is -2.29. The maximum Gasteiger partial charge on any atom is 0.185 e. The molecule has 1 aliphatic rings. The minimum atomic E-state index is 0.317. The van der Waals surface area contributed by atoms with Gasteiger partial charge in [-0.05, 0) is 29.2 Å². The Hall–Kier alpha value is -2.20. The van der Waals surface area contributed by atoms with Crippen molar-refractivity contribution in [1.82, 2.24) is 9.97 Å². The molecule has 118 valence electrons. The van der Waals surface area contributed by atoms with Crippen LogP contribution in [0.3, 0.4) is 0 Å². The van der Waals surface area contributed by atoms with E-state index in [4.69, 9.17) is 0 Å². The fourth-order valence-electron chi connectivity index (χ4n) is 2.72. The first-order valence-electron chi connectivity index (χ1n) is 7.79. The van der Waals surface area contributed by atoms with Crippen LogP contribution in [0, 0.1) is 0 Å². The van der Waals surface area contributed by atoms with Gasteiger partial charge in [0.25, 0.3) is 0 Å². The summed E-state index contributed by atoms with van der Waals surface area (Å²) in [4.78, 5) is 12.5. The molecule has 0 spiro atoms. The predicted octanol–water partition coefficient (Wildman–Crippen LogP) is 4.57. The van der Waals surface area contributed by atoms with Crippen molar-refractivity contribution in [3.05, 3.63) is 77.6 Å². The minimum Gasteiger partial charge on any atom is -0.343 e. The van der Waals surface area contributed by atoms with Gasteiger partial charge in [0.05, 0.1) is 0 Å². The van der Waals surface area contributed by atoms with E-state index in [2.05, 4.69) is 47.1 Å². The monoisotopic (exact) mass is 323 g/mol. The Morgan fingerprint density at radius 2 is 2.26 bits per heavy atom. The molecular weight excluding hydrogens is 302 g/mol. The van der Waals surface area contributed by atoms with Gasteiger partial charge in [-0.1, -0.05) is 38.3 Å². The van der Waals surface area contributed by atoms with Crippen LogP contribution >= 0.6 is 11.3 Å². The van der Waals surface area contributed by atoms with Crippen LogP contribution < -0.4 is 4.90 Å². The molecule has 0 N–H and O–H groups in total. The first-order valence-corrected chi connectivity index (χ1v) is 8.61. The molecule has 3 nitrogen and oxygen atoms in total. The highest BCUT2D eigenvalue weighted by molar-refractivity contribution is 7.15. The van der Waals surface area contributed by atoms with E-state index in [0.717, 1.165) is 24.6 Å². The molecule has 23 heavy (non-hydrogen) atoms. The second-order valence-electron chi connectivity index (χ2n) is 5.76. The Morgan fingerprint density at radius 1 is 1.39 bits per heavy atom. The molecule has 0 bridgehead atoms. The highest BCUT2D eigenvalue weighted by Gasteiger charge is 2.21. The molecule has 1 saturated heterocycles. The number of hydrogen-bond acceptors (Lipinski definition) is 4. The van der Waals surface area contributed by atoms with Gasteiger partial charge in [-0.3, -0.25) is 4.98 Å². The van der Waals surface area contributed by atoms with Crippen molar-refractivity contribution in [2.75, 3.05) is 18.0 Å². The summed E-state index contributed by atoms with van der Waals surface area (Å²) >= 11 is 1.77. The summed E-state index contributed by atoms with van der Waals surface area (Å²) in [6, 6.07) is 4.10. The number of anilines is 1. The SMILES string of the molecule is C=C/C=C1/CN(c2ncc(C(C)c3cccnc3)s2)CCC1=C. The number of piperidine rings is 1.